The standard InChI is InChI=1S/C16H22BrN3/c17-13-2-3-15-12(9-13)1-4-16(15)20-10-14(11-20)19-7-5-18-6-8-19/h2-3,9,14,16,18H,1,4-8,10-11H2. The van der Waals surface area contributed by atoms with Gasteiger partial charge in [0.15, 0.2) is 0 Å². The second-order valence-electron chi connectivity index (χ2n) is 6.29. The van der Waals surface area contributed by atoms with E-state index in [-0.39, 0.29) is 0 Å². The van der Waals surface area contributed by atoms with E-state index in [9.17, 15) is 0 Å². The van der Waals surface area contributed by atoms with E-state index in [0.717, 1.165) is 19.1 Å². The molecule has 3 aliphatic rings. The summed E-state index contributed by atoms with van der Waals surface area (Å²) in [6.45, 7) is 7.31. The smallest absolute Gasteiger partial charge is 0.0355 e. The van der Waals surface area contributed by atoms with Crippen molar-refractivity contribution in [1.29, 1.82) is 0 Å². The lowest BCUT2D eigenvalue weighted by atomic mass is 9.99. The van der Waals surface area contributed by atoms with Crippen molar-refractivity contribution < 1.29 is 0 Å². The van der Waals surface area contributed by atoms with E-state index in [1.165, 1.54) is 43.5 Å². The van der Waals surface area contributed by atoms with E-state index in [0.29, 0.717) is 6.04 Å². The Morgan fingerprint density at radius 3 is 2.70 bits per heavy atom. The van der Waals surface area contributed by atoms with E-state index < -0.39 is 0 Å². The Hall–Kier alpha value is -0.420. The molecule has 0 bridgehead atoms. The average molecular weight is 336 g/mol. The molecule has 3 nitrogen and oxygen atoms in total. The highest BCUT2D eigenvalue weighted by Gasteiger charge is 2.38. The zero-order valence-corrected chi connectivity index (χ0v) is 13.4. The molecule has 1 N–H and O–H groups in total. The second kappa shape index (κ2) is 5.41. The fourth-order valence-electron chi connectivity index (χ4n) is 3.96. The predicted molar refractivity (Wildman–Crippen MR) is 85.0 cm³/mol. The summed E-state index contributed by atoms with van der Waals surface area (Å²) in [5.74, 6) is 0. The maximum absolute atomic E-state index is 3.59. The third-order valence-corrected chi connectivity index (χ3v) is 5.64. The average Bonchev–Trinajstić information content (AvgIpc) is 2.81. The molecule has 1 aromatic rings. The van der Waals surface area contributed by atoms with E-state index in [1.54, 1.807) is 11.1 Å². The summed E-state index contributed by atoms with van der Waals surface area (Å²) >= 11 is 3.59. The molecule has 2 aliphatic heterocycles. The molecule has 2 fully saturated rings. The molecule has 0 amide bonds. The third kappa shape index (κ3) is 2.33. The first-order valence-electron chi connectivity index (χ1n) is 7.78. The number of aryl methyl sites for hydroxylation is 1. The number of halogens is 1. The monoisotopic (exact) mass is 335 g/mol. The SMILES string of the molecule is Brc1ccc2c(c1)CCC2N1CC(N2CCNCC2)C1. The van der Waals surface area contributed by atoms with Crippen LogP contribution < -0.4 is 5.32 Å². The highest BCUT2D eigenvalue weighted by Crippen LogP contribution is 2.39. The van der Waals surface area contributed by atoms with Gasteiger partial charge in [0.1, 0.15) is 0 Å². The van der Waals surface area contributed by atoms with E-state index in [2.05, 4.69) is 49.2 Å². The number of benzene rings is 1. The van der Waals surface area contributed by atoms with Crippen molar-refractivity contribution in [2.75, 3.05) is 39.3 Å². The summed E-state index contributed by atoms with van der Waals surface area (Å²) in [5, 5.41) is 3.44. The van der Waals surface area contributed by atoms with Crippen LogP contribution in [0.25, 0.3) is 0 Å². The Labute approximate surface area is 129 Å². The molecule has 20 heavy (non-hydrogen) atoms. The Morgan fingerprint density at radius 2 is 1.90 bits per heavy atom. The van der Waals surface area contributed by atoms with Gasteiger partial charge < -0.3 is 5.32 Å². The summed E-state index contributed by atoms with van der Waals surface area (Å²) in [4.78, 5) is 5.36. The first-order valence-corrected chi connectivity index (χ1v) is 8.58. The number of rotatable bonds is 2. The Kier molecular flexibility index (Phi) is 3.59. The Bertz CT molecular complexity index is 492. The van der Waals surface area contributed by atoms with E-state index in [4.69, 9.17) is 0 Å². The molecule has 0 radical (unpaired) electrons. The highest BCUT2D eigenvalue weighted by atomic mass is 79.9. The van der Waals surface area contributed by atoms with E-state index in [1.807, 2.05) is 0 Å². The topological polar surface area (TPSA) is 18.5 Å². The van der Waals surface area contributed by atoms with Crippen molar-refractivity contribution in [2.45, 2.75) is 24.9 Å². The summed E-state index contributed by atoms with van der Waals surface area (Å²) in [6.07, 6.45) is 2.55. The first kappa shape index (κ1) is 13.3. The molecule has 4 heteroatoms. The zero-order valence-electron chi connectivity index (χ0n) is 11.8. The number of piperazine rings is 1. The lowest BCUT2D eigenvalue weighted by Gasteiger charge is -2.49. The number of nitrogens with one attached hydrogen (secondary N) is 1. The second-order valence-corrected chi connectivity index (χ2v) is 7.21. The molecule has 1 aromatic carbocycles. The van der Waals surface area contributed by atoms with Crippen LogP contribution in [0.5, 0.6) is 0 Å². The number of hydrogen-bond donors (Lipinski definition) is 1. The van der Waals surface area contributed by atoms with Gasteiger partial charge in [0.2, 0.25) is 0 Å². The van der Waals surface area contributed by atoms with Crippen LogP contribution in [-0.2, 0) is 6.42 Å². The normalized spacial score (nSPS) is 28.4. The molecule has 2 saturated heterocycles. The number of hydrogen-bond acceptors (Lipinski definition) is 3. The molecule has 0 aromatic heterocycles. The van der Waals surface area contributed by atoms with Gasteiger partial charge >= 0.3 is 0 Å². The summed E-state index contributed by atoms with van der Waals surface area (Å²) in [5.41, 5.74) is 3.13. The maximum atomic E-state index is 3.59. The van der Waals surface area contributed by atoms with Gasteiger partial charge in [-0.25, -0.2) is 0 Å². The van der Waals surface area contributed by atoms with Gasteiger partial charge in [0.05, 0.1) is 0 Å². The van der Waals surface area contributed by atoms with Gasteiger partial charge in [-0.2, -0.15) is 0 Å². The van der Waals surface area contributed by atoms with Crippen molar-refractivity contribution in [3.63, 3.8) is 0 Å². The summed E-state index contributed by atoms with van der Waals surface area (Å²) in [7, 11) is 0. The minimum absolute atomic E-state index is 0.678. The molecule has 0 spiro atoms. The number of likely N-dealkylation sites (tertiary alicyclic amines) is 1. The van der Waals surface area contributed by atoms with Gasteiger partial charge in [-0.15, -0.1) is 0 Å². The molecule has 4 rings (SSSR count). The van der Waals surface area contributed by atoms with Crippen molar-refractivity contribution in [2.24, 2.45) is 0 Å². The van der Waals surface area contributed by atoms with Crippen molar-refractivity contribution in [3.8, 4) is 0 Å². The van der Waals surface area contributed by atoms with Gasteiger partial charge in [-0.1, -0.05) is 22.0 Å². The first-order chi connectivity index (χ1) is 9.81. The van der Waals surface area contributed by atoms with Crippen LogP contribution in [0.4, 0.5) is 0 Å². The molecule has 1 unspecified atom stereocenters. The summed E-state index contributed by atoms with van der Waals surface area (Å²) in [6, 6.07) is 8.32. The third-order valence-electron chi connectivity index (χ3n) is 5.15. The summed E-state index contributed by atoms with van der Waals surface area (Å²) < 4.78 is 1.22. The lowest BCUT2D eigenvalue weighted by Crippen LogP contribution is -2.63. The van der Waals surface area contributed by atoms with Gasteiger partial charge in [-0.3, -0.25) is 9.80 Å². The molecular formula is C16H22BrN3. The molecule has 1 atom stereocenters. The molecule has 1 aliphatic carbocycles. The van der Waals surface area contributed by atoms with Crippen molar-refractivity contribution in [3.05, 3.63) is 33.8 Å². The molecule has 2 heterocycles. The lowest BCUT2D eigenvalue weighted by molar-refractivity contribution is -0.000810. The highest BCUT2D eigenvalue weighted by molar-refractivity contribution is 9.10. The van der Waals surface area contributed by atoms with Crippen LogP contribution in [0.1, 0.15) is 23.6 Å². The minimum atomic E-state index is 0.678. The molecule has 108 valence electrons. The molecular weight excluding hydrogens is 314 g/mol. The largest absolute Gasteiger partial charge is 0.314 e. The number of fused-ring (bicyclic) bond motifs is 1. The van der Waals surface area contributed by atoms with Crippen LogP contribution in [0.2, 0.25) is 0 Å². The van der Waals surface area contributed by atoms with Crippen LogP contribution >= 0.6 is 15.9 Å². The quantitative estimate of drug-likeness (QED) is 0.892. The van der Waals surface area contributed by atoms with Crippen LogP contribution in [0.15, 0.2) is 22.7 Å². The minimum Gasteiger partial charge on any atom is -0.314 e. The van der Waals surface area contributed by atoms with Crippen LogP contribution in [-0.4, -0.2) is 55.1 Å². The van der Waals surface area contributed by atoms with Crippen LogP contribution in [0.3, 0.4) is 0 Å². The predicted octanol–water partition coefficient (Wildman–Crippen LogP) is 2.03. The Morgan fingerprint density at radius 1 is 1.10 bits per heavy atom. The van der Waals surface area contributed by atoms with Crippen molar-refractivity contribution in [1.82, 2.24) is 15.1 Å². The maximum Gasteiger partial charge on any atom is 0.0355 e. The fraction of sp³-hybridized carbons (Fsp3) is 0.625. The van der Waals surface area contributed by atoms with Crippen LogP contribution in [0, 0.1) is 0 Å². The van der Waals surface area contributed by atoms with Gasteiger partial charge in [-0.05, 0) is 36.1 Å². The Balaban J connectivity index is 1.40. The van der Waals surface area contributed by atoms with Gasteiger partial charge in [0.25, 0.3) is 0 Å². The van der Waals surface area contributed by atoms with Crippen molar-refractivity contribution >= 4 is 15.9 Å². The number of nitrogens with zero attached hydrogens (tertiary/aromatic N) is 2. The molecule has 0 saturated carbocycles. The van der Waals surface area contributed by atoms with Gasteiger partial charge in [0, 0.05) is 55.8 Å². The zero-order chi connectivity index (χ0) is 13.5. The fourth-order valence-corrected chi connectivity index (χ4v) is 4.37. The van der Waals surface area contributed by atoms with E-state index >= 15 is 0 Å².